The molecule has 0 bridgehead atoms. The van der Waals surface area contributed by atoms with E-state index in [0.29, 0.717) is 17.5 Å². The van der Waals surface area contributed by atoms with Crippen LogP contribution < -0.4 is 0 Å². The van der Waals surface area contributed by atoms with Gasteiger partial charge in [0.15, 0.2) is 0 Å². The van der Waals surface area contributed by atoms with Gasteiger partial charge in [0.1, 0.15) is 0 Å². The topological polar surface area (TPSA) is 70.3 Å². The summed E-state index contributed by atoms with van der Waals surface area (Å²) in [5.41, 5.74) is 1.22. The minimum absolute atomic E-state index is 0.0248. The van der Waals surface area contributed by atoms with Gasteiger partial charge in [-0.15, -0.1) is 0 Å². The largest absolute Gasteiger partial charge is 0.332 e. The molecule has 2 unspecified atom stereocenters. The van der Waals surface area contributed by atoms with E-state index in [0.717, 1.165) is 0 Å². The highest BCUT2D eigenvalue weighted by Gasteiger charge is 2.22. The Kier molecular flexibility index (Phi) is 4.89. The molecule has 0 spiro atoms. The average Bonchev–Trinajstić information content (AvgIpc) is 2.28. The predicted octanol–water partition coefficient (Wildman–Crippen LogP) is 3.06. The van der Waals surface area contributed by atoms with Crippen molar-refractivity contribution in [1.82, 2.24) is 0 Å². The summed E-state index contributed by atoms with van der Waals surface area (Å²) in [5, 5.41) is 8.63. The standard InChI is InChI=1S/C12H16NO3P/c1-3-10(2)16-17(14,15)9-12-6-4-11(8-13)5-7-12/h4-7,10H,3,9H2,1-2H3,(H,14,15). The highest BCUT2D eigenvalue weighted by atomic mass is 31.2. The second-order valence-electron chi connectivity index (χ2n) is 3.93. The van der Waals surface area contributed by atoms with E-state index < -0.39 is 7.60 Å². The highest BCUT2D eigenvalue weighted by Crippen LogP contribution is 2.47. The van der Waals surface area contributed by atoms with E-state index in [9.17, 15) is 9.46 Å². The molecule has 92 valence electrons. The smallest absolute Gasteiger partial charge is 0.324 e. The molecule has 0 saturated heterocycles. The second-order valence-corrected chi connectivity index (χ2v) is 5.73. The van der Waals surface area contributed by atoms with Crippen molar-refractivity contribution in [2.24, 2.45) is 0 Å². The van der Waals surface area contributed by atoms with Gasteiger partial charge in [-0.2, -0.15) is 5.26 Å². The SMILES string of the molecule is CCC(C)OP(=O)(O)Cc1ccc(C#N)cc1. The molecule has 0 radical (unpaired) electrons. The summed E-state index contributed by atoms with van der Waals surface area (Å²) in [4.78, 5) is 9.66. The summed E-state index contributed by atoms with van der Waals surface area (Å²) in [6.45, 7) is 3.66. The predicted molar refractivity (Wildman–Crippen MR) is 65.5 cm³/mol. The Morgan fingerprint density at radius 2 is 2.06 bits per heavy atom. The fourth-order valence-electron chi connectivity index (χ4n) is 1.31. The molecular weight excluding hydrogens is 237 g/mol. The van der Waals surface area contributed by atoms with Crippen molar-refractivity contribution in [1.29, 1.82) is 5.26 Å². The van der Waals surface area contributed by atoms with Crippen molar-refractivity contribution in [3.8, 4) is 6.07 Å². The van der Waals surface area contributed by atoms with Crippen molar-refractivity contribution in [3.63, 3.8) is 0 Å². The van der Waals surface area contributed by atoms with Gasteiger partial charge >= 0.3 is 7.60 Å². The lowest BCUT2D eigenvalue weighted by Crippen LogP contribution is -2.05. The van der Waals surface area contributed by atoms with Gasteiger partial charge < -0.3 is 9.42 Å². The van der Waals surface area contributed by atoms with Crippen LogP contribution in [0, 0.1) is 11.3 Å². The molecule has 4 nitrogen and oxygen atoms in total. The van der Waals surface area contributed by atoms with E-state index >= 15 is 0 Å². The number of benzene rings is 1. The third-order valence-corrected chi connectivity index (χ3v) is 3.84. The number of hydrogen-bond donors (Lipinski definition) is 1. The van der Waals surface area contributed by atoms with Crippen LogP contribution in [0.15, 0.2) is 24.3 Å². The zero-order valence-electron chi connectivity index (χ0n) is 9.96. The number of nitriles is 1. The first kappa shape index (κ1) is 13.9. The maximum atomic E-state index is 11.8. The van der Waals surface area contributed by atoms with Crippen molar-refractivity contribution in [2.75, 3.05) is 0 Å². The van der Waals surface area contributed by atoms with Gasteiger partial charge in [-0.05, 0) is 31.0 Å². The summed E-state index contributed by atoms with van der Waals surface area (Å²) in [7, 11) is -3.59. The minimum atomic E-state index is -3.59. The summed E-state index contributed by atoms with van der Waals surface area (Å²) in [5.74, 6) is 0. The van der Waals surface area contributed by atoms with Gasteiger partial charge in [0.2, 0.25) is 0 Å². The second kappa shape index (κ2) is 5.97. The lowest BCUT2D eigenvalue weighted by Gasteiger charge is -2.16. The number of hydrogen-bond acceptors (Lipinski definition) is 3. The van der Waals surface area contributed by atoms with Crippen LogP contribution in [0.5, 0.6) is 0 Å². The first-order chi connectivity index (χ1) is 7.96. The molecule has 0 amide bonds. The number of nitrogens with zero attached hydrogens (tertiary/aromatic N) is 1. The summed E-state index contributed by atoms with van der Waals surface area (Å²) in [6, 6.07) is 8.58. The van der Waals surface area contributed by atoms with Crippen molar-refractivity contribution >= 4 is 7.60 Å². The van der Waals surface area contributed by atoms with Crippen LogP contribution in [0.1, 0.15) is 31.4 Å². The van der Waals surface area contributed by atoms with E-state index in [1.165, 1.54) is 0 Å². The molecule has 0 aliphatic rings. The molecule has 1 aromatic carbocycles. The van der Waals surface area contributed by atoms with Gasteiger partial charge in [0.05, 0.1) is 23.9 Å². The van der Waals surface area contributed by atoms with Gasteiger partial charge in [-0.3, -0.25) is 4.57 Å². The van der Waals surface area contributed by atoms with Gasteiger partial charge in [0.25, 0.3) is 0 Å². The average molecular weight is 253 g/mol. The van der Waals surface area contributed by atoms with Crippen LogP contribution in [0.3, 0.4) is 0 Å². The molecule has 0 aliphatic carbocycles. The lowest BCUT2D eigenvalue weighted by molar-refractivity contribution is 0.185. The molecule has 0 saturated carbocycles. The monoisotopic (exact) mass is 253 g/mol. The van der Waals surface area contributed by atoms with Crippen molar-refractivity contribution in [3.05, 3.63) is 35.4 Å². The number of rotatable bonds is 5. The van der Waals surface area contributed by atoms with Crippen LogP contribution in [-0.4, -0.2) is 11.0 Å². The molecule has 1 rings (SSSR count). The first-order valence-electron chi connectivity index (χ1n) is 5.46. The van der Waals surface area contributed by atoms with E-state index in [2.05, 4.69) is 0 Å². The molecule has 0 aromatic heterocycles. The van der Waals surface area contributed by atoms with Crippen LogP contribution in [0.25, 0.3) is 0 Å². The Balaban J connectivity index is 2.69. The fraction of sp³-hybridized carbons (Fsp3) is 0.417. The molecule has 1 aromatic rings. The van der Waals surface area contributed by atoms with Gasteiger partial charge in [-0.25, -0.2) is 0 Å². The molecule has 1 N–H and O–H groups in total. The Hall–Kier alpha value is -1.14. The molecule has 0 fully saturated rings. The van der Waals surface area contributed by atoms with Gasteiger partial charge in [-0.1, -0.05) is 19.1 Å². The molecule has 0 aliphatic heterocycles. The molecule has 0 heterocycles. The summed E-state index contributed by atoms with van der Waals surface area (Å²) >= 11 is 0. The molecule has 17 heavy (non-hydrogen) atoms. The highest BCUT2D eigenvalue weighted by molar-refractivity contribution is 7.51. The fourth-order valence-corrected chi connectivity index (χ4v) is 2.77. The van der Waals surface area contributed by atoms with E-state index in [4.69, 9.17) is 9.79 Å². The van der Waals surface area contributed by atoms with Gasteiger partial charge in [0, 0.05) is 0 Å². The quantitative estimate of drug-likeness (QED) is 0.818. The van der Waals surface area contributed by atoms with Crippen molar-refractivity contribution in [2.45, 2.75) is 32.5 Å². The first-order valence-corrected chi connectivity index (χ1v) is 7.22. The Bertz CT molecular complexity index is 450. The summed E-state index contributed by atoms with van der Waals surface area (Å²) in [6.07, 6.45) is 0.435. The third-order valence-electron chi connectivity index (χ3n) is 2.38. The van der Waals surface area contributed by atoms with E-state index in [1.54, 1.807) is 31.2 Å². The third kappa shape index (κ3) is 4.70. The Morgan fingerprint density at radius 1 is 1.47 bits per heavy atom. The van der Waals surface area contributed by atoms with Crippen molar-refractivity contribution < 1.29 is 14.0 Å². The van der Waals surface area contributed by atoms with E-state index in [1.807, 2.05) is 13.0 Å². The molecule has 2 atom stereocenters. The molecule has 5 heteroatoms. The minimum Gasteiger partial charge on any atom is -0.324 e. The van der Waals surface area contributed by atoms with Crippen LogP contribution >= 0.6 is 7.60 Å². The lowest BCUT2D eigenvalue weighted by atomic mass is 10.2. The zero-order valence-corrected chi connectivity index (χ0v) is 10.9. The Morgan fingerprint density at radius 3 is 2.53 bits per heavy atom. The normalized spacial score (nSPS) is 15.9. The maximum absolute atomic E-state index is 11.8. The molecular formula is C12H16NO3P. The Labute approximate surface area is 101 Å². The van der Waals surface area contributed by atoms with Crippen LogP contribution in [-0.2, 0) is 15.3 Å². The summed E-state index contributed by atoms with van der Waals surface area (Å²) < 4.78 is 16.9. The maximum Gasteiger partial charge on any atom is 0.332 e. The zero-order chi connectivity index (χ0) is 12.9. The van der Waals surface area contributed by atoms with Crippen LogP contribution in [0.4, 0.5) is 0 Å². The van der Waals surface area contributed by atoms with Crippen LogP contribution in [0.2, 0.25) is 0 Å². The van der Waals surface area contributed by atoms with E-state index in [-0.39, 0.29) is 12.3 Å².